The summed E-state index contributed by atoms with van der Waals surface area (Å²) in [5.74, 6) is 2.47. The van der Waals surface area contributed by atoms with Crippen LogP contribution < -0.4 is 45.9 Å². The summed E-state index contributed by atoms with van der Waals surface area (Å²) < 4.78 is 25.1. The van der Waals surface area contributed by atoms with E-state index in [0.717, 1.165) is 79.0 Å². The van der Waals surface area contributed by atoms with E-state index < -0.39 is 0 Å². The van der Waals surface area contributed by atoms with Crippen LogP contribution in [0.4, 0.5) is 46.2 Å². The van der Waals surface area contributed by atoms with Crippen molar-refractivity contribution in [3.05, 3.63) is 84.8 Å². The number of hydrogen-bond donors (Lipinski definition) is 4. The van der Waals surface area contributed by atoms with Crippen LogP contribution in [0.25, 0.3) is 22.2 Å². The number of aryl methyl sites for hydroxylation is 1. The van der Waals surface area contributed by atoms with E-state index in [4.69, 9.17) is 34.6 Å². The number of nitrogen functional groups attached to an aromatic ring is 1. The second-order valence-electron chi connectivity index (χ2n) is 19.8. The topological polar surface area (TPSA) is 203 Å². The van der Waals surface area contributed by atoms with Crippen molar-refractivity contribution in [3.63, 3.8) is 0 Å². The number of aromatic nitrogens is 5. The van der Waals surface area contributed by atoms with Gasteiger partial charge < -0.3 is 64.8 Å². The highest BCUT2D eigenvalue weighted by molar-refractivity contribution is 6.04. The van der Waals surface area contributed by atoms with Crippen molar-refractivity contribution in [2.24, 2.45) is 7.05 Å². The van der Waals surface area contributed by atoms with Gasteiger partial charge in [0.2, 0.25) is 17.8 Å². The molecule has 0 bridgehead atoms. The fourth-order valence-corrected chi connectivity index (χ4v) is 10.2. The summed E-state index contributed by atoms with van der Waals surface area (Å²) in [6.45, 7) is 10.3. The second-order valence-corrected chi connectivity index (χ2v) is 19.8. The summed E-state index contributed by atoms with van der Waals surface area (Å²) in [5.41, 5.74) is 13.4. The van der Waals surface area contributed by atoms with Gasteiger partial charge in [-0.15, -0.1) is 0 Å². The normalized spacial score (nSPS) is 15.1. The van der Waals surface area contributed by atoms with E-state index in [2.05, 4.69) is 70.6 Å². The maximum Gasteiger partial charge on any atom is 0.251 e. The third-order valence-electron chi connectivity index (χ3n) is 14.5. The highest BCUT2D eigenvalue weighted by Gasteiger charge is 2.41. The third kappa shape index (κ3) is 14.7. The van der Waals surface area contributed by atoms with Crippen LogP contribution in [0.15, 0.2) is 79.3 Å². The molecule has 4 heterocycles. The van der Waals surface area contributed by atoms with Gasteiger partial charge in [0, 0.05) is 93.9 Å². The van der Waals surface area contributed by atoms with Gasteiger partial charge in [0.05, 0.1) is 75.3 Å². The number of fused-ring (bicyclic) bond motifs is 2. The van der Waals surface area contributed by atoms with Crippen LogP contribution >= 0.6 is 0 Å². The molecule has 78 heavy (non-hydrogen) atoms. The number of nitrogens with two attached hydrogens (primary N) is 1. The van der Waals surface area contributed by atoms with E-state index in [9.17, 15) is 9.59 Å². The van der Waals surface area contributed by atoms with Crippen LogP contribution in [-0.2, 0) is 21.3 Å². The standard InChI is InChI=1S/C52H67N13O6.C5H10.C2H6/c1-8-42-50(67)64(5)45-32-56-52(60-48(45)65(42)35-13-9-10-14-35)58-40-18-17-34(29-46(40)68-6)49(66)54-21-25-70-27-28-71-26-24-61(2)22-23-62(3)44-31-47(69-7)41(30-38(44)53)59-51-55-20-19-39(57-51)37-33-63(4)43-16-12-11-15-36(37)43;1-2-4-5-3-1;1-2/h11-12,15-20,29-33,35,42H,8-10,13-14,21-28,53H2,1-7H3,(H,54,66)(H,55,57,59)(H,56,58,60);1-5H2;1-2H3. The molecule has 2 saturated carbocycles. The Hall–Kier alpha value is -7.22. The first-order valence-corrected chi connectivity index (χ1v) is 27.8. The number of carbonyl (C=O) groups is 2. The number of methoxy groups -OCH3 is 2. The lowest BCUT2D eigenvalue weighted by Crippen LogP contribution is -2.55. The molecule has 1 atom stereocenters. The smallest absolute Gasteiger partial charge is 0.251 e. The predicted molar refractivity (Wildman–Crippen MR) is 314 cm³/mol. The lowest BCUT2D eigenvalue weighted by atomic mass is 10.0. The number of nitrogens with zero attached hydrogens (tertiary/aromatic N) is 9. The van der Waals surface area contributed by atoms with Gasteiger partial charge >= 0.3 is 0 Å². The van der Waals surface area contributed by atoms with E-state index >= 15 is 0 Å². The number of ether oxygens (including phenoxy) is 4. The Bertz CT molecular complexity index is 2880. The summed E-state index contributed by atoms with van der Waals surface area (Å²) in [7, 11) is 11.1. The van der Waals surface area contributed by atoms with Crippen LogP contribution in [-0.4, -0.2) is 141 Å². The Morgan fingerprint density at radius 3 is 2.18 bits per heavy atom. The average molecular weight is 1070 g/mol. The van der Waals surface area contributed by atoms with Gasteiger partial charge in [-0.1, -0.05) is 83.9 Å². The number of hydrogen-bond acceptors (Lipinski definition) is 16. The summed E-state index contributed by atoms with van der Waals surface area (Å²) in [4.78, 5) is 53.3. The van der Waals surface area contributed by atoms with Gasteiger partial charge in [0.25, 0.3) is 5.91 Å². The predicted octanol–water partition coefficient (Wildman–Crippen LogP) is 9.82. The van der Waals surface area contributed by atoms with Crippen LogP contribution in [0, 0.1) is 0 Å². The molecule has 2 fully saturated rings. The Labute approximate surface area is 461 Å². The molecular weight excluding hydrogens is 987 g/mol. The molecule has 0 spiro atoms. The zero-order chi connectivity index (χ0) is 55.6. The number of nitrogens with one attached hydrogen (secondary N) is 3. The number of amides is 2. The molecule has 0 radical (unpaired) electrons. The Kier molecular flexibility index (Phi) is 21.7. The van der Waals surface area contributed by atoms with Gasteiger partial charge in [-0.3, -0.25) is 9.59 Å². The minimum absolute atomic E-state index is 0.0647. The lowest BCUT2D eigenvalue weighted by Gasteiger charge is -2.43. The van der Waals surface area contributed by atoms with Gasteiger partial charge in [-0.25, -0.2) is 15.0 Å². The molecule has 3 aliphatic rings. The van der Waals surface area contributed by atoms with Crippen molar-refractivity contribution in [1.29, 1.82) is 0 Å². The number of carbonyl (C=O) groups excluding carboxylic acids is 2. The Morgan fingerprint density at radius 2 is 1.46 bits per heavy atom. The maximum atomic E-state index is 13.3. The van der Waals surface area contributed by atoms with Crippen molar-refractivity contribution in [2.75, 3.05) is 119 Å². The molecule has 3 aromatic carbocycles. The largest absolute Gasteiger partial charge is 0.495 e. The van der Waals surface area contributed by atoms with Crippen LogP contribution in [0.2, 0.25) is 0 Å². The van der Waals surface area contributed by atoms with Gasteiger partial charge in [-0.2, -0.15) is 4.98 Å². The van der Waals surface area contributed by atoms with Crippen molar-refractivity contribution in [2.45, 2.75) is 97.1 Å². The minimum Gasteiger partial charge on any atom is -0.495 e. The SMILES string of the molecule is C1CCCC1.CC.CCC1C(=O)N(C)c2cnc(Nc3ccc(C(=O)NCCOCCOCCN(C)CCN(C)c4cc(OC)c(Nc5nccc(-c6cn(C)c7ccccc67)n5)cc4N)cc3OC)nc2N1C1CCCC1. The number of para-hydroxylation sites is 1. The third-order valence-corrected chi connectivity index (χ3v) is 14.5. The molecule has 3 aromatic heterocycles. The number of rotatable bonds is 23. The highest BCUT2D eigenvalue weighted by Crippen LogP contribution is 2.41. The molecule has 420 valence electrons. The first-order chi connectivity index (χ1) is 38.0. The van der Waals surface area contributed by atoms with Crippen LogP contribution in [0.5, 0.6) is 11.5 Å². The molecular formula is C59H83N13O6. The van der Waals surface area contributed by atoms with Crippen molar-refractivity contribution in [1.82, 2.24) is 34.7 Å². The fourth-order valence-electron chi connectivity index (χ4n) is 10.2. The van der Waals surface area contributed by atoms with Crippen molar-refractivity contribution < 1.29 is 28.5 Å². The molecule has 6 aromatic rings. The van der Waals surface area contributed by atoms with Gasteiger partial charge in [0.1, 0.15) is 23.2 Å². The maximum absolute atomic E-state index is 13.3. The van der Waals surface area contributed by atoms with Crippen molar-refractivity contribution in [3.8, 4) is 22.8 Å². The Balaban J connectivity index is 0.00000118. The lowest BCUT2D eigenvalue weighted by molar-refractivity contribution is -0.120. The molecule has 9 rings (SSSR count). The molecule has 19 nitrogen and oxygen atoms in total. The second kappa shape index (κ2) is 29.0. The van der Waals surface area contributed by atoms with E-state index in [1.54, 1.807) is 56.8 Å². The van der Waals surface area contributed by atoms with Gasteiger partial charge in [-0.05, 0) is 62.7 Å². The average Bonchev–Trinajstić information content (AvgIpc) is 4.37. The molecule has 2 amide bonds. The summed E-state index contributed by atoms with van der Waals surface area (Å²) in [6, 6.07) is 19.1. The number of benzene rings is 3. The van der Waals surface area contributed by atoms with Crippen LogP contribution in [0.3, 0.4) is 0 Å². The fraction of sp³-hybridized carbons (Fsp3) is 0.492. The molecule has 1 unspecified atom stereocenters. The first-order valence-electron chi connectivity index (χ1n) is 27.8. The molecule has 5 N–H and O–H groups in total. The Morgan fingerprint density at radius 1 is 0.782 bits per heavy atom. The zero-order valence-corrected chi connectivity index (χ0v) is 47.4. The van der Waals surface area contributed by atoms with E-state index in [-0.39, 0.29) is 23.9 Å². The first kappa shape index (κ1) is 58.5. The summed E-state index contributed by atoms with van der Waals surface area (Å²) >= 11 is 0. The number of anilines is 8. The quantitative estimate of drug-likeness (QED) is 0.0348. The van der Waals surface area contributed by atoms with Crippen LogP contribution in [0.1, 0.15) is 95.3 Å². The molecule has 1 aliphatic heterocycles. The van der Waals surface area contributed by atoms with E-state index in [0.29, 0.717) is 91.1 Å². The molecule has 19 heteroatoms. The number of likely N-dealkylation sites (N-methyl/N-ethyl adjacent to an activating group) is 3. The van der Waals surface area contributed by atoms with E-state index in [1.165, 1.54) is 32.1 Å². The monoisotopic (exact) mass is 1070 g/mol. The van der Waals surface area contributed by atoms with Crippen molar-refractivity contribution >= 4 is 68.9 Å². The minimum atomic E-state index is -0.267. The summed E-state index contributed by atoms with van der Waals surface area (Å²) in [6.07, 6.45) is 18.1. The van der Waals surface area contributed by atoms with E-state index in [1.807, 2.05) is 65.2 Å². The summed E-state index contributed by atoms with van der Waals surface area (Å²) in [5, 5.41) is 10.6. The highest BCUT2D eigenvalue weighted by atomic mass is 16.5. The molecule has 2 aliphatic carbocycles. The van der Waals surface area contributed by atoms with Gasteiger partial charge in [0.15, 0.2) is 5.82 Å². The zero-order valence-electron chi connectivity index (χ0n) is 47.4. The molecule has 0 saturated heterocycles.